The minimum atomic E-state index is 0.401. The van der Waals surface area contributed by atoms with Crippen LogP contribution in [0, 0.1) is 6.92 Å². The van der Waals surface area contributed by atoms with E-state index in [-0.39, 0.29) is 0 Å². The third kappa shape index (κ3) is 3.55. The first kappa shape index (κ1) is 16.4. The van der Waals surface area contributed by atoms with Crippen LogP contribution in [0.15, 0.2) is 24.4 Å². The fraction of sp³-hybridized carbons (Fsp3) is 0.529. The number of rotatable bonds is 5. The van der Waals surface area contributed by atoms with Gasteiger partial charge in [-0.25, -0.2) is 4.98 Å². The monoisotopic (exact) mass is 327 g/mol. The van der Waals surface area contributed by atoms with E-state index >= 15 is 0 Å². The van der Waals surface area contributed by atoms with Gasteiger partial charge in [-0.1, -0.05) is 0 Å². The van der Waals surface area contributed by atoms with E-state index in [0.29, 0.717) is 6.04 Å². The van der Waals surface area contributed by atoms with E-state index in [4.69, 9.17) is 0 Å². The second-order valence-electron chi connectivity index (χ2n) is 6.51. The van der Waals surface area contributed by atoms with Crippen molar-refractivity contribution in [3.63, 3.8) is 0 Å². The van der Waals surface area contributed by atoms with Crippen LogP contribution in [0.3, 0.4) is 0 Å². The van der Waals surface area contributed by atoms with Crippen molar-refractivity contribution in [2.45, 2.75) is 25.8 Å². The maximum Gasteiger partial charge on any atom is 0.227 e. The molecule has 0 aromatic carbocycles. The Kier molecular flexibility index (Phi) is 4.78. The Morgan fingerprint density at radius 2 is 2.08 bits per heavy atom. The standard InChI is InChI=1S/C17H25N7/c1-13-11-16(22(2)3)20-17(19-13)23(4)12-14-7-6-10-24(14)15-8-5-9-18-21-15/h5,8-9,11,14H,6-7,10,12H2,1-4H3/t14-/m1/s1. The quantitative estimate of drug-likeness (QED) is 0.829. The summed E-state index contributed by atoms with van der Waals surface area (Å²) in [6.07, 6.45) is 4.03. The molecule has 0 aliphatic carbocycles. The summed E-state index contributed by atoms with van der Waals surface area (Å²) in [5, 5.41) is 8.27. The van der Waals surface area contributed by atoms with Gasteiger partial charge < -0.3 is 14.7 Å². The normalized spacial score (nSPS) is 17.2. The molecule has 7 heteroatoms. The van der Waals surface area contributed by atoms with Crippen molar-refractivity contribution in [1.29, 1.82) is 0 Å². The first-order valence-corrected chi connectivity index (χ1v) is 8.33. The maximum atomic E-state index is 4.67. The molecule has 24 heavy (non-hydrogen) atoms. The Bertz CT molecular complexity index is 674. The molecule has 2 aromatic heterocycles. The highest BCUT2D eigenvalue weighted by molar-refractivity contribution is 5.45. The zero-order valence-corrected chi connectivity index (χ0v) is 14.8. The van der Waals surface area contributed by atoms with Gasteiger partial charge in [0.2, 0.25) is 5.95 Å². The Morgan fingerprint density at radius 1 is 1.25 bits per heavy atom. The highest BCUT2D eigenvalue weighted by Gasteiger charge is 2.27. The second-order valence-corrected chi connectivity index (χ2v) is 6.51. The molecule has 2 aromatic rings. The van der Waals surface area contributed by atoms with E-state index in [2.05, 4.69) is 37.0 Å². The van der Waals surface area contributed by atoms with Gasteiger partial charge in [0.05, 0.1) is 0 Å². The summed E-state index contributed by atoms with van der Waals surface area (Å²) < 4.78 is 0. The third-order valence-corrected chi connectivity index (χ3v) is 4.34. The van der Waals surface area contributed by atoms with Crippen molar-refractivity contribution in [1.82, 2.24) is 20.2 Å². The first-order valence-electron chi connectivity index (χ1n) is 8.33. The van der Waals surface area contributed by atoms with Crippen molar-refractivity contribution in [2.75, 3.05) is 48.9 Å². The molecule has 1 fully saturated rings. The Balaban J connectivity index is 1.75. The topological polar surface area (TPSA) is 61.3 Å². The van der Waals surface area contributed by atoms with E-state index in [0.717, 1.165) is 42.8 Å². The van der Waals surface area contributed by atoms with Crippen LogP contribution in [0.25, 0.3) is 0 Å². The van der Waals surface area contributed by atoms with Crippen LogP contribution in [0.1, 0.15) is 18.5 Å². The molecule has 0 spiro atoms. The summed E-state index contributed by atoms with van der Waals surface area (Å²) in [5.41, 5.74) is 0.979. The van der Waals surface area contributed by atoms with E-state index in [1.165, 1.54) is 6.42 Å². The second kappa shape index (κ2) is 6.98. The third-order valence-electron chi connectivity index (χ3n) is 4.34. The van der Waals surface area contributed by atoms with E-state index in [9.17, 15) is 0 Å². The molecule has 0 N–H and O–H groups in total. The number of hydrogen-bond acceptors (Lipinski definition) is 7. The van der Waals surface area contributed by atoms with Gasteiger partial charge in [-0.2, -0.15) is 10.1 Å². The van der Waals surface area contributed by atoms with E-state index in [1.807, 2.05) is 44.1 Å². The van der Waals surface area contributed by atoms with Crippen molar-refractivity contribution in [2.24, 2.45) is 0 Å². The molecule has 1 aliphatic heterocycles. The summed E-state index contributed by atoms with van der Waals surface area (Å²) in [6.45, 7) is 3.90. The molecule has 0 amide bonds. The average Bonchev–Trinajstić information content (AvgIpc) is 3.03. The van der Waals surface area contributed by atoms with Crippen molar-refractivity contribution >= 4 is 17.6 Å². The molecule has 1 saturated heterocycles. The Morgan fingerprint density at radius 3 is 2.79 bits per heavy atom. The first-order chi connectivity index (χ1) is 11.5. The van der Waals surface area contributed by atoms with Crippen LogP contribution in [0.2, 0.25) is 0 Å². The van der Waals surface area contributed by atoms with Crippen LogP contribution in [-0.4, -0.2) is 60.4 Å². The molecule has 1 atom stereocenters. The lowest BCUT2D eigenvalue weighted by Crippen LogP contribution is -2.40. The molecule has 0 unspecified atom stereocenters. The summed E-state index contributed by atoms with van der Waals surface area (Å²) >= 11 is 0. The van der Waals surface area contributed by atoms with Gasteiger partial charge in [-0.05, 0) is 31.9 Å². The minimum Gasteiger partial charge on any atom is -0.363 e. The van der Waals surface area contributed by atoms with Crippen LogP contribution in [-0.2, 0) is 0 Å². The number of anilines is 3. The Hall–Kier alpha value is -2.44. The van der Waals surface area contributed by atoms with Gasteiger partial charge >= 0.3 is 0 Å². The summed E-state index contributed by atoms with van der Waals surface area (Å²) in [4.78, 5) is 15.7. The molecule has 128 valence electrons. The predicted octanol–water partition coefficient (Wildman–Crippen LogP) is 1.75. The predicted molar refractivity (Wildman–Crippen MR) is 96.8 cm³/mol. The van der Waals surface area contributed by atoms with Gasteiger partial charge in [0.1, 0.15) is 5.82 Å². The van der Waals surface area contributed by atoms with Crippen LogP contribution in [0.4, 0.5) is 17.6 Å². The molecule has 0 radical (unpaired) electrons. The number of hydrogen-bond donors (Lipinski definition) is 0. The fourth-order valence-electron chi connectivity index (χ4n) is 3.11. The molecule has 1 aliphatic rings. The average molecular weight is 327 g/mol. The highest BCUT2D eigenvalue weighted by atomic mass is 15.3. The van der Waals surface area contributed by atoms with Crippen molar-refractivity contribution < 1.29 is 0 Å². The number of nitrogens with zero attached hydrogens (tertiary/aromatic N) is 7. The fourth-order valence-corrected chi connectivity index (χ4v) is 3.11. The molecule has 7 nitrogen and oxygen atoms in total. The lowest BCUT2D eigenvalue weighted by molar-refractivity contribution is 0.638. The van der Waals surface area contributed by atoms with Gasteiger partial charge in [-0.15, -0.1) is 5.10 Å². The van der Waals surface area contributed by atoms with E-state index in [1.54, 1.807) is 6.20 Å². The van der Waals surface area contributed by atoms with E-state index < -0.39 is 0 Å². The summed E-state index contributed by atoms with van der Waals surface area (Å²) in [6, 6.07) is 6.37. The molecular formula is C17H25N7. The largest absolute Gasteiger partial charge is 0.363 e. The number of aryl methyl sites for hydroxylation is 1. The maximum absolute atomic E-state index is 4.67. The summed E-state index contributed by atoms with van der Waals surface area (Å²) in [5.74, 6) is 2.65. The lowest BCUT2D eigenvalue weighted by Gasteiger charge is -2.29. The molecule has 3 heterocycles. The summed E-state index contributed by atoms with van der Waals surface area (Å²) in [7, 11) is 6.05. The van der Waals surface area contributed by atoms with Gasteiger partial charge in [0, 0.05) is 58.2 Å². The highest BCUT2D eigenvalue weighted by Crippen LogP contribution is 2.24. The van der Waals surface area contributed by atoms with Crippen LogP contribution in [0.5, 0.6) is 0 Å². The smallest absolute Gasteiger partial charge is 0.227 e. The van der Waals surface area contributed by atoms with Gasteiger partial charge in [-0.3, -0.25) is 0 Å². The van der Waals surface area contributed by atoms with Gasteiger partial charge in [0.15, 0.2) is 5.82 Å². The Labute approximate surface area is 143 Å². The number of aromatic nitrogens is 4. The number of likely N-dealkylation sites (N-methyl/N-ethyl adjacent to an activating group) is 1. The van der Waals surface area contributed by atoms with Crippen molar-refractivity contribution in [3.8, 4) is 0 Å². The van der Waals surface area contributed by atoms with Crippen molar-refractivity contribution in [3.05, 3.63) is 30.1 Å². The molecule has 0 bridgehead atoms. The molecule has 0 saturated carbocycles. The van der Waals surface area contributed by atoms with Crippen LogP contribution < -0.4 is 14.7 Å². The molecular weight excluding hydrogens is 302 g/mol. The van der Waals surface area contributed by atoms with Crippen LogP contribution >= 0.6 is 0 Å². The zero-order valence-electron chi connectivity index (χ0n) is 14.8. The molecule has 3 rings (SSSR count). The van der Waals surface area contributed by atoms with Gasteiger partial charge in [0.25, 0.3) is 0 Å². The minimum absolute atomic E-state index is 0.401. The zero-order chi connectivity index (χ0) is 17.1. The SMILES string of the molecule is Cc1cc(N(C)C)nc(N(C)C[C@H]2CCCN2c2cccnn2)n1. The lowest BCUT2D eigenvalue weighted by atomic mass is 10.2.